The van der Waals surface area contributed by atoms with Gasteiger partial charge in [-0.1, -0.05) is 12.1 Å². The van der Waals surface area contributed by atoms with Gasteiger partial charge in [0.15, 0.2) is 0 Å². The van der Waals surface area contributed by atoms with Gasteiger partial charge in [-0.05, 0) is 19.1 Å². The van der Waals surface area contributed by atoms with Crippen molar-refractivity contribution in [2.75, 3.05) is 57.9 Å². The van der Waals surface area contributed by atoms with Crippen LogP contribution in [0.5, 0.6) is 5.75 Å². The quantitative estimate of drug-likeness (QED) is 0.798. The van der Waals surface area contributed by atoms with Crippen molar-refractivity contribution in [1.82, 2.24) is 9.80 Å². The van der Waals surface area contributed by atoms with Crippen molar-refractivity contribution in [2.45, 2.75) is 13.0 Å². The highest BCUT2D eigenvalue weighted by Gasteiger charge is 2.28. The molecule has 2 aliphatic rings. The zero-order chi connectivity index (χ0) is 17.8. The second kappa shape index (κ2) is 7.84. The SMILES string of the molecule is CO[C@H](C)C(=O)N1CCN(CC(=O)N2CCOc3ccccc32)CC1. The third-order valence-electron chi connectivity index (χ3n) is 4.77. The number of carbonyl (C=O) groups excluding carboxylic acids is 2. The lowest BCUT2D eigenvalue weighted by Gasteiger charge is -2.37. The van der Waals surface area contributed by atoms with Gasteiger partial charge in [-0.25, -0.2) is 0 Å². The van der Waals surface area contributed by atoms with E-state index in [1.165, 1.54) is 7.11 Å². The van der Waals surface area contributed by atoms with Crippen LogP contribution in [0.2, 0.25) is 0 Å². The number of nitrogens with zero attached hydrogens (tertiary/aromatic N) is 3. The van der Waals surface area contributed by atoms with Crippen LogP contribution < -0.4 is 9.64 Å². The van der Waals surface area contributed by atoms with E-state index in [0.717, 1.165) is 11.4 Å². The molecule has 0 aromatic heterocycles. The second-order valence-electron chi connectivity index (χ2n) is 6.34. The lowest BCUT2D eigenvalue weighted by molar-refractivity contribution is -0.142. The molecule has 7 heteroatoms. The summed E-state index contributed by atoms with van der Waals surface area (Å²) < 4.78 is 10.7. The van der Waals surface area contributed by atoms with Gasteiger partial charge < -0.3 is 19.3 Å². The van der Waals surface area contributed by atoms with Gasteiger partial charge in [0.1, 0.15) is 18.5 Å². The molecule has 0 aliphatic carbocycles. The molecular weight excluding hydrogens is 322 g/mol. The molecule has 1 aromatic carbocycles. The number of anilines is 1. The molecule has 7 nitrogen and oxygen atoms in total. The molecule has 136 valence electrons. The second-order valence-corrected chi connectivity index (χ2v) is 6.34. The minimum absolute atomic E-state index is 0.00980. The first-order chi connectivity index (χ1) is 12.1. The molecule has 2 aliphatic heterocycles. The first-order valence-electron chi connectivity index (χ1n) is 8.66. The Morgan fingerprint density at radius 1 is 1.16 bits per heavy atom. The maximum absolute atomic E-state index is 12.7. The minimum atomic E-state index is -0.418. The number of para-hydroxylation sites is 2. The fourth-order valence-corrected chi connectivity index (χ4v) is 3.19. The third-order valence-corrected chi connectivity index (χ3v) is 4.77. The van der Waals surface area contributed by atoms with Crippen LogP contribution in [0.3, 0.4) is 0 Å². The Morgan fingerprint density at radius 3 is 2.60 bits per heavy atom. The summed E-state index contributed by atoms with van der Waals surface area (Å²) in [6.07, 6.45) is -0.418. The van der Waals surface area contributed by atoms with E-state index in [0.29, 0.717) is 45.9 Å². The molecule has 0 radical (unpaired) electrons. The van der Waals surface area contributed by atoms with Gasteiger partial charge >= 0.3 is 0 Å². The maximum Gasteiger partial charge on any atom is 0.251 e. The molecule has 1 saturated heterocycles. The largest absolute Gasteiger partial charge is 0.490 e. The fraction of sp³-hybridized carbons (Fsp3) is 0.556. The van der Waals surface area contributed by atoms with Crippen LogP contribution in [0.25, 0.3) is 0 Å². The molecule has 1 aromatic rings. The van der Waals surface area contributed by atoms with E-state index in [1.54, 1.807) is 16.7 Å². The molecule has 1 atom stereocenters. The summed E-state index contributed by atoms with van der Waals surface area (Å²) in [6.45, 7) is 5.84. The van der Waals surface area contributed by atoms with Gasteiger partial charge in [0.25, 0.3) is 5.91 Å². The molecule has 0 bridgehead atoms. The molecule has 3 rings (SSSR count). The standard InChI is InChI=1S/C18H25N3O4/c1-14(24-2)18(23)20-9-7-19(8-10-20)13-17(22)21-11-12-25-16-6-4-3-5-15(16)21/h3-6,14H,7-13H2,1-2H3/t14-/m1/s1. The predicted octanol–water partition coefficient (Wildman–Crippen LogP) is 0.591. The summed E-state index contributed by atoms with van der Waals surface area (Å²) in [4.78, 5) is 30.6. The van der Waals surface area contributed by atoms with E-state index in [-0.39, 0.29) is 11.8 Å². The van der Waals surface area contributed by atoms with E-state index in [4.69, 9.17) is 9.47 Å². The highest BCUT2D eigenvalue weighted by Crippen LogP contribution is 2.31. The summed E-state index contributed by atoms with van der Waals surface area (Å²) >= 11 is 0. The Hall–Kier alpha value is -2.12. The van der Waals surface area contributed by atoms with Gasteiger partial charge in [-0.3, -0.25) is 14.5 Å². The maximum atomic E-state index is 12.7. The lowest BCUT2D eigenvalue weighted by atomic mass is 10.2. The molecule has 0 spiro atoms. The number of benzene rings is 1. The summed E-state index contributed by atoms with van der Waals surface area (Å²) in [6, 6.07) is 7.62. The number of methoxy groups -OCH3 is 1. The molecule has 1 fully saturated rings. The van der Waals surface area contributed by atoms with Crippen molar-refractivity contribution in [2.24, 2.45) is 0 Å². The topological polar surface area (TPSA) is 62.3 Å². The first-order valence-corrected chi connectivity index (χ1v) is 8.66. The highest BCUT2D eigenvalue weighted by atomic mass is 16.5. The smallest absolute Gasteiger partial charge is 0.251 e. The third kappa shape index (κ3) is 3.93. The van der Waals surface area contributed by atoms with E-state index < -0.39 is 6.10 Å². The van der Waals surface area contributed by atoms with E-state index in [2.05, 4.69) is 4.90 Å². The predicted molar refractivity (Wildman–Crippen MR) is 93.8 cm³/mol. The van der Waals surface area contributed by atoms with E-state index in [1.807, 2.05) is 24.3 Å². The van der Waals surface area contributed by atoms with Crippen LogP contribution in [0.4, 0.5) is 5.69 Å². The summed E-state index contributed by atoms with van der Waals surface area (Å²) in [5.74, 6) is 0.836. The Labute approximate surface area is 148 Å². The Kier molecular flexibility index (Phi) is 5.55. The van der Waals surface area contributed by atoms with Gasteiger partial charge in [0, 0.05) is 33.3 Å². The number of ether oxygens (including phenoxy) is 2. The monoisotopic (exact) mass is 347 g/mol. The lowest BCUT2D eigenvalue weighted by Crippen LogP contribution is -2.53. The van der Waals surface area contributed by atoms with Crippen LogP contribution in [0.1, 0.15) is 6.92 Å². The van der Waals surface area contributed by atoms with Crippen LogP contribution >= 0.6 is 0 Å². The molecule has 0 N–H and O–H groups in total. The van der Waals surface area contributed by atoms with Crippen LogP contribution in [0.15, 0.2) is 24.3 Å². The van der Waals surface area contributed by atoms with Crippen molar-refractivity contribution >= 4 is 17.5 Å². The van der Waals surface area contributed by atoms with Crippen molar-refractivity contribution in [3.05, 3.63) is 24.3 Å². The van der Waals surface area contributed by atoms with Crippen molar-refractivity contribution < 1.29 is 19.1 Å². The average Bonchev–Trinajstić information content (AvgIpc) is 2.66. The van der Waals surface area contributed by atoms with Gasteiger partial charge in [0.05, 0.1) is 18.8 Å². The van der Waals surface area contributed by atoms with Crippen molar-refractivity contribution in [1.29, 1.82) is 0 Å². The van der Waals surface area contributed by atoms with Crippen molar-refractivity contribution in [3.8, 4) is 5.75 Å². The summed E-state index contributed by atoms with van der Waals surface area (Å²) in [5, 5.41) is 0. The van der Waals surface area contributed by atoms with Gasteiger partial charge in [0.2, 0.25) is 5.91 Å². The van der Waals surface area contributed by atoms with Crippen LogP contribution in [-0.4, -0.2) is 80.7 Å². The zero-order valence-corrected chi connectivity index (χ0v) is 14.8. The molecule has 25 heavy (non-hydrogen) atoms. The number of hydrogen-bond donors (Lipinski definition) is 0. The number of amides is 2. The summed E-state index contributed by atoms with van der Waals surface area (Å²) in [5.41, 5.74) is 0.835. The van der Waals surface area contributed by atoms with Crippen molar-refractivity contribution in [3.63, 3.8) is 0 Å². The first kappa shape index (κ1) is 17.7. The van der Waals surface area contributed by atoms with Gasteiger partial charge in [-0.2, -0.15) is 0 Å². The number of carbonyl (C=O) groups is 2. The molecular formula is C18H25N3O4. The Balaban J connectivity index is 1.55. The number of fused-ring (bicyclic) bond motifs is 1. The van der Waals surface area contributed by atoms with Crippen LogP contribution in [0, 0.1) is 0 Å². The fourth-order valence-electron chi connectivity index (χ4n) is 3.19. The number of piperazine rings is 1. The van der Waals surface area contributed by atoms with Crippen LogP contribution in [-0.2, 0) is 14.3 Å². The molecule has 2 heterocycles. The molecule has 0 unspecified atom stereocenters. The zero-order valence-electron chi connectivity index (χ0n) is 14.8. The highest BCUT2D eigenvalue weighted by molar-refractivity contribution is 5.96. The Morgan fingerprint density at radius 2 is 1.88 bits per heavy atom. The summed E-state index contributed by atoms with van der Waals surface area (Å²) in [7, 11) is 1.54. The molecule has 2 amide bonds. The van der Waals surface area contributed by atoms with E-state index in [9.17, 15) is 9.59 Å². The molecule has 0 saturated carbocycles. The number of rotatable bonds is 4. The normalized spacial score (nSPS) is 19.1. The van der Waals surface area contributed by atoms with E-state index >= 15 is 0 Å². The number of hydrogen-bond acceptors (Lipinski definition) is 5. The minimum Gasteiger partial charge on any atom is -0.490 e. The average molecular weight is 347 g/mol. The van der Waals surface area contributed by atoms with Gasteiger partial charge in [-0.15, -0.1) is 0 Å². The Bertz CT molecular complexity index is 629.